The summed E-state index contributed by atoms with van der Waals surface area (Å²) in [5, 5.41) is 9.14. The highest BCUT2D eigenvalue weighted by Crippen LogP contribution is 2.19. The Morgan fingerprint density at radius 2 is 2.24 bits per heavy atom. The van der Waals surface area contributed by atoms with Crippen LogP contribution in [0.3, 0.4) is 0 Å². The predicted molar refractivity (Wildman–Crippen MR) is 65.4 cm³/mol. The average molecular weight is 298 g/mol. The monoisotopic (exact) mass is 297 g/mol. The molecule has 2 N–H and O–H groups in total. The third-order valence-corrected chi connectivity index (χ3v) is 2.81. The first kappa shape index (κ1) is 11.8. The minimum atomic E-state index is -0.462. The Kier molecular flexibility index (Phi) is 3.23. The van der Waals surface area contributed by atoms with E-state index in [9.17, 15) is 9.18 Å². The number of aryl methyl sites for hydroxylation is 1. The molecule has 2 rings (SSSR count). The molecule has 1 heterocycles. The van der Waals surface area contributed by atoms with E-state index in [0.29, 0.717) is 10.3 Å². The van der Waals surface area contributed by atoms with Crippen molar-refractivity contribution in [3.63, 3.8) is 0 Å². The number of aromatic amines is 1. The number of anilines is 1. The molecule has 4 nitrogen and oxygen atoms in total. The summed E-state index contributed by atoms with van der Waals surface area (Å²) in [4.78, 5) is 11.8. The molecule has 0 fully saturated rings. The minimum absolute atomic E-state index is 0.227. The Balaban J connectivity index is 2.22. The van der Waals surface area contributed by atoms with Gasteiger partial charge in [-0.1, -0.05) is 0 Å². The molecule has 0 saturated heterocycles. The van der Waals surface area contributed by atoms with E-state index in [1.165, 1.54) is 18.2 Å². The number of benzene rings is 1. The summed E-state index contributed by atoms with van der Waals surface area (Å²) < 4.78 is 13.6. The number of rotatable bonds is 2. The van der Waals surface area contributed by atoms with Crippen LogP contribution in [0.2, 0.25) is 0 Å². The predicted octanol–water partition coefficient (Wildman–Crippen LogP) is 2.87. The molecule has 2 aromatic rings. The van der Waals surface area contributed by atoms with E-state index in [1.54, 1.807) is 6.07 Å². The molecule has 0 aliphatic heterocycles. The van der Waals surface area contributed by atoms with E-state index in [1.807, 2.05) is 6.92 Å². The maximum atomic E-state index is 13.0. The lowest BCUT2D eigenvalue weighted by atomic mass is 10.2. The lowest BCUT2D eigenvalue weighted by Crippen LogP contribution is -2.13. The fraction of sp³-hybridized carbons (Fsp3) is 0.0909. The van der Waals surface area contributed by atoms with Crippen molar-refractivity contribution >= 4 is 27.7 Å². The molecule has 0 aliphatic rings. The van der Waals surface area contributed by atoms with Gasteiger partial charge in [0.05, 0.1) is 5.56 Å². The zero-order valence-corrected chi connectivity index (χ0v) is 10.5. The van der Waals surface area contributed by atoms with Crippen molar-refractivity contribution in [3.8, 4) is 0 Å². The fourth-order valence-electron chi connectivity index (χ4n) is 1.34. The second kappa shape index (κ2) is 4.67. The molecule has 0 spiro atoms. The zero-order chi connectivity index (χ0) is 12.4. The number of carbonyl (C=O) groups excluding carboxylic acids is 1. The lowest BCUT2D eigenvalue weighted by Gasteiger charge is -2.04. The van der Waals surface area contributed by atoms with Crippen molar-refractivity contribution in [3.05, 3.63) is 45.8 Å². The third kappa shape index (κ3) is 2.71. The maximum absolute atomic E-state index is 13.0. The van der Waals surface area contributed by atoms with Crippen LogP contribution in [-0.2, 0) is 0 Å². The highest BCUT2D eigenvalue weighted by Gasteiger charge is 2.12. The number of halogens is 2. The Morgan fingerprint density at radius 3 is 2.88 bits per heavy atom. The number of hydrogen-bond acceptors (Lipinski definition) is 2. The van der Waals surface area contributed by atoms with Gasteiger partial charge < -0.3 is 5.32 Å². The molecule has 0 aliphatic carbocycles. The smallest absolute Gasteiger partial charge is 0.258 e. The second-order valence-electron chi connectivity index (χ2n) is 3.51. The van der Waals surface area contributed by atoms with E-state index in [0.717, 1.165) is 5.69 Å². The first-order valence-electron chi connectivity index (χ1n) is 4.84. The molecule has 6 heteroatoms. The summed E-state index contributed by atoms with van der Waals surface area (Å²) >= 11 is 3.19. The van der Waals surface area contributed by atoms with Gasteiger partial charge in [0.25, 0.3) is 5.91 Å². The fourth-order valence-corrected chi connectivity index (χ4v) is 1.76. The van der Waals surface area contributed by atoms with Gasteiger partial charge in [0.1, 0.15) is 5.82 Å². The molecular formula is C11H9BrFN3O. The number of hydrogen-bond donors (Lipinski definition) is 2. The van der Waals surface area contributed by atoms with Crippen molar-refractivity contribution in [2.24, 2.45) is 0 Å². The van der Waals surface area contributed by atoms with Crippen LogP contribution in [0.5, 0.6) is 0 Å². The quantitative estimate of drug-likeness (QED) is 0.895. The number of amides is 1. The van der Waals surface area contributed by atoms with Crippen molar-refractivity contribution in [2.45, 2.75) is 6.92 Å². The van der Waals surface area contributed by atoms with Crippen LogP contribution in [0.15, 0.2) is 28.7 Å². The molecule has 88 valence electrons. The van der Waals surface area contributed by atoms with Gasteiger partial charge >= 0.3 is 0 Å². The summed E-state index contributed by atoms with van der Waals surface area (Å²) in [5.41, 5.74) is 1.06. The number of nitrogens with zero attached hydrogens (tertiary/aromatic N) is 1. The molecule has 0 radical (unpaired) electrons. The normalized spacial score (nSPS) is 10.3. The summed E-state index contributed by atoms with van der Waals surface area (Å²) in [6.07, 6.45) is 0. The van der Waals surface area contributed by atoms with Crippen LogP contribution in [0.1, 0.15) is 16.1 Å². The van der Waals surface area contributed by atoms with E-state index in [4.69, 9.17) is 0 Å². The van der Waals surface area contributed by atoms with Crippen molar-refractivity contribution in [1.29, 1.82) is 0 Å². The maximum Gasteiger partial charge on any atom is 0.258 e. The number of carbonyl (C=O) groups is 1. The zero-order valence-electron chi connectivity index (χ0n) is 8.92. The van der Waals surface area contributed by atoms with Gasteiger partial charge in [-0.3, -0.25) is 9.89 Å². The molecule has 0 saturated carbocycles. The Hall–Kier alpha value is -1.69. The number of nitrogens with one attached hydrogen (secondary N) is 2. The van der Waals surface area contributed by atoms with E-state index in [2.05, 4.69) is 31.4 Å². The SMILES string of the molecule is Cc1cc(NC(=O)c2cc(F)ccc2Br)n[nH]1. The van der Waals surface area contributed by atoms with Crippen LogP contribution in [0.25, 0.3) is 0 Å². The number of H-pyrrole nitrogens is 1. The standard InChI is InChI=1S/C11H9BrFN3O/c1-6-4-10(16-15-6)14-11(17)8-5-7(13)2-3-9(8)12/h2-5H,1H3,(H2,14,15,16,17). The first-order chi connectivity index (χ1) is 8.06. The van der Waals surface area contributed by atoms with E-state index in [-0.39, 0.29) is 5.56 Å². The van der Waals surface area contributed by atoms with Gasteiger partial charge in [0.15, 0.2) is 5.82 Å². The van der Waals surface area contributed by atoms with Gasteiger partial charge in [0, 0.05) is 16.2 Å². The Bertz CT molecular complexity index is 568. The van der Waals surface area contributed by atoms with E-state index < -0.39 is 11.7 Å². The van der Waals surface area contributed by atoms with Crippen molar-refractivity contribution in [1.82, 2.24) is 10.2 Å². The van der Waals surface area contributed by atoms with Gasteiger partial charge in [-0.2, -0.15) is 5.10 Å². The van der Waals surface area contributed by atoms with Gasteiger partial charge in [0.2, 0.25) is 0 Å². The highest BCUT2D eigenvalue weighted by molar-refractivity contribution is 9.10. The van der Waals surface area contributed by atoms with Crippen LogP contribution < -0.4 is 5.32 Å². The van der Waals surface area contributed by atoms with Crippen LogP contribution in [-0.4, -0.2) is 16.1 Å². The van der Waals surface area contributed by atoms with Gasteiger partial charge in [-0.15, -0.1) is 0 Å². The minimum Gasteiger partial charge on any atom is -0.305 e. The highest BCUT2D eigenvalue weighted by atomic mass is 79.9. The Labute approximate surface area is 105 Å². The molecule has 17 heavy (non-hydrogen) atoms. The molecule has 1 amide bonds. The van der Waals surface area contributed by atoms with Crippen LogP contribution in [0, 0.1) is 12.7 Å². The second-order valence-corrected chi connectivity index (χ2v) is 4.37. The van der Waals surface area contributed by atoms with Gasteiger partial charge in [-0.25, -0.2) is 4.39 Å². The molecular weight excluding hydrogens is 289 g/mol. The van der Waals surface area contributed by atoms with Crippen molar-refractivity contribution < 1.29 is 9.18 Å². The summed E-state index contributed by atoms with van der Waals surface area (Å²) in [7, 11) is 0. The first-order valence-corrected chi connectivity index (χ1v) is 5.64. The molecule has 1 aromatic carbocycles. The number of aromatic nitrogens is 2. The third-order valence-electron chi connectivity index (χ3n) is 2.12. The molecule has 0 atom stereocenters. The summed E-state index contributed by atoms with van der Waals surface area (Å²) in [6, 6.07) is 5.61. The molecule has 1 aromatic heterocycles. The topological polar surface area (TPSA) is 57.8 Å². The van der Waals surface area contributed by atoms with Crippen molar-refractivity contribution in [2.75, 3.05) is 5.32 Å². The lowest BCUT2D eigenvalue weighted by molar-refractivity contribution is 0.102. The van der Waals surface area contributed by atoms with Crippen LogP contribution >= 0.6 is 15.9 Å². The largest absolute Gasteiger partial charge is 0.305 e. The average Bonchev–Trinajstić information content (AvgIpc) is 2.67. The Morgan fingerprint density at radius 1 is 1.47 bits per heavy atom. The summed E-state index contributed by atoms with van der Waals surface area (Å²) in [5.74, 6) is -0.469. The van der Waals surface area contributed by atoms with E-state index >= 15 is 0 Å². The molecule has 0 bridgehead atoms. The molecule has 0 unspecified atom stereocenters. The van der Waals surface area contributed by atoms with Crippen LogP contribution in [0.4, 0.5) is 10.2 Å². The summed E-state index contributed by atoms with van der Waals surface area (Å²) in [6.45, 7) is 1.82. The van der Waals surface area contributed by atoms with Gasteiger partial charge in [-0.05, 0) is 41.1 Å².